The highest BCUT2D eigenvalue weighted by Gasteiger charge is 2.37. The number of hydrogen-bond acceptors (Lipinski definition) is 6. The summed E-state index contributed by atoms with van der Waals surface area (Å²) in [5.74, 6) is -0.751. The zero-order chi connectivity index (χ0) is 23.0. The lowest BCUT2D eigenvalue weighted by atomic mass is 10.0. The highest BCUT2D eigenvalue weighted by Crippen LogP contribution is 2.32. The van der Waals surface area contributed by atoms with Gasteiger partial charge in [-0.15, -0.1) is 0 Å². The second-order valence-corrected chi connectivity index (χ2v) is 11.2. The number of fused-ring (bicyclic) bond motifs is 1. The molecule has 0 bridgehead atoms. The lowest BCUT2D eigenvalue weighted by molar-refractivity contribution is -0.144. The molecule has 1 amide bonds. The number of carboxylic acids is 1. The number of nitrogens with one attached hydrogen (secondary N) is 2. The van der Waals surface area contributed by atoms with Crippen molar-refractivity contribution in [3.8, 4) is 0 Å². The number of carbonyl (C=O) groups is 2. The van der Waals surface area contributed by atoms with Gasteiger partial charge in [0.25, 0.3) is 0 Å². The minimum Gasteiger partial charge on any atom is -0.480 e. The third kappa shape index (κ3) is 4.67. The second kappa shape index (κ2) is 8.84. The summed E-state index contributed by atoms with van der Waals surface area (Å²) in [5.41, 5.74) is 2.10. The number of aromatic amines is 1. The van der Waals surface area contributed by atoms with Crippen LogP contribution in [0.3, 0.4) is 0 Å². The van der Waals surface area contributed by atoms with Gasteiger partial charge >= 0.3 is 5.97 Å². The van der Waals surface area contributed by atoms with Gasteiger partial charge in [-0.25, -0.2) is 8.42 Å². The Morgan fingerprint density at radius 2 is 1.91 bits per heavy atom. The molecule has 2 aliphatic heterocycles. The normalized spacial score (nSPS) is 22.9. The van der Waals surface area contributed by atoms with Crippen molar-refractivity contribution in [2.45, 2.75) is 32.4 Å². The van der Waals surface area contributed by atoms with Crippen molar-refractivity contribution in [3.63, 3.8) is 0 Å². The minimum atomic E-state index is -2.95. The Hall–Kier alpha value is -2.43. The number of rotatable bonds is 6. The van der Waals surface area contributed by atoms with Gasteiger partial charge in [0, 0.05) is 66.5 Å². The van der Waals surface area contributed by atoms with E-state index >= 15 is 0 Å². The number of carboxylic acid groups (broad SMARTS) is 1. The van der Waals surface area contributed by atoms with Crippen molar-refractivity contribution in [1.29, 1.82) is 0 Å². The van der Waals surface area contributed by atoms with Crippen LogP contribution in [0.5, 0.6) is 0 Å². The number of benzene rings is 1. The standard InChI is InChI=1S/C22H30N4O5S/c1-14(2)21(27)24-15-3-4-19-17(11-15)18(12-23-19)20(22(28)29)26-8-6-25(7-9-26)16-5-10-32(30,31)13-16/h3-4,11-12,14,16,20,23H,5-10,13H2,1-2H3,(H,24,27)(H,28,29)/t16-,20-/m1/s1. The van der Waals surface area contributed by atoms with Crippen molar-refractivity contribution in [1.82, 2.24) is 14.8 Å². The van der Waals surface area contributed by atoms with E-state index in [1.54, 1.807) is 12.3 Å². The van der Waals surface area contributed by atoms with E-state index in [0.29, 0.717) is 43.9 Å². The summed E-state index contributed by atoms with van der Waals surface area (Å²) in [4.78, 5) is 31.6. The predicted octanol–water partition coefficient (Wildman–Crippen LogP) is 1.69. The van der Waals surface area contributed by atoms with Gasteiger partial charge in [-0.2, -0.15) is 0 Å². The van der Waals surface area contributed by atoms with E-state index in [-0.39, 0.29) is 29.4 Å². The van der Waals surface area contributed by atoms with Crippen LogP contribution >= 0.6 is 0 Å². The van der Waals surface area contributed by atoms with Crippen LogP contribution in [0.4, 0.5) is 5.69 Å². The van der Waals surface area contributed by atoms with E-state index in [2.05, 4.69) is 15.2 Å². The van der Waals surface area contributed by atoms with Crippen molar-refractivity contribution in [2.75, 3.05) is 43.0 Å². The molecule has 32 heavy (non-hydrogen) atoms. The SMILES string of the molecule is CC(C)C(=O)Nc1ccc2[nH]cc([C@H](C(=O)O)N3CCN([C@@H]4CCS(=O)(=O)C4)CC3)c2c1. The second-order valence-electron chi connectivity index (χ2n) is 9.02. The van der Waals surface area contributed by atoms with E-state index in [1.165, 1.54) is 0 Å². The monoisotopic (exact) mass is 462 g/mol. The van der Waals surface area contributed by atoms with Crippen LogP contribution in [0.15, 0.2) is 24.4 Å². The highest BCUT2D eigenvalue weighted by molar-refractivity contribution is 7.91. The van der Waals surface area contributed by atoms with Gasteiger partial charge < -0.3 is 15.4 Å². The Labute approximate surface area is 187 Å². The number of sulfone groups is 1. The fourth-order valence-electron chi connectivity index (χ4n) is 4.64. The molecule has 0 unspecified atom stereocenters. The number of aliphatic carboxylic acids is 1. The van der Waals surface area contributed by atoms with Crippen LogP contribution in [0.25, 0.3) is 10.9 Å². The third-order valence-corrected chi connectivity index (χ3v) is 8.22. The Balaban J connectivity index is 1.53. The number of piperazine rings is 1. The average Bonchev–Trinajstić information content (AvgIpc) is 3.31. The molecule has 2 aliphatic rings. The molecule has 2 fully saturated rings. The first kappa shape index (κ1) is 22.8. The number of carbonyl (C=O) groups excluding carboxylic acids is 1. The number of aromatic nitrogens is 1. The maximum absolute atomic E-state index is 12.3. The first-order valence-corrected chi connectivity index (χ1v) is 12.8. The van der Waals surface area contributed by atoms with E-state index in [0.717, 1.165) is 10.9 Å². The van der Waals surface area contributed by atoms with Crippen molar-refractivity contribution < 1.29 is 23.1 Å². The fraction of sp³-hybridized carbons (Fsp3) is 0.545. The van der Waals surface area contributed by atoms with Crippen LogP contribution < -0.4 is 5.32 Å². The maximum Gasteiger partial charge on any atom is 0.325 e. The summed E-state index contributed by atoms with van der Waals surface area (Å²) in [6.07, 6.45) is 2.38. The molecule has 0 saturated carbocycles. The van der Waals surface area contributed by atoms with Gasteiger partial charge in [-0.1, -0.05) is 13.8 Å². The number of amides is 1. The van der Waals surface area contributed by atoms with Crippen molar-refractivity contribution in [3.05, 3.63) is 30.0 Å². The Morgan fingerprint density at radius 3 is 2.50 bits per heavy atom. The molecule has 2 atom stereocenters. The fourth-order valence-corrected chi connectivity index (χ4v) is 6.40. The smallest absolute Gasteiger partial charge is 0.325 e. The van der Waals surface area contributed by atoms with Crippen LogP contribution in [-0.4, -0.2) is 83.9 Å². The number of nitrogens with zero attached hydrogens (tertiary/aromatic N) is 2. The van der Waals surface area contributed by atoms with Crippen LogP contribution in [0.1, 0.15) is 31.9 Å². The molecule has 2 aromatic rings. The molecule has 0 spiro atoms. The summed E-state index contributed by atoms with van der Waals surface area (Å²) in [7, 11) is -2.95. The summed E-state index contributed by atoms with van der Waals surface area (Å²) in [6, 6.07) is 4.66. The van der Waals surface area contributed by atoms with Crippen LogP contribution in [0, 0.1) is 5.92 Å². The van der Waals surface area contributed by atoms with Crippen molar-refractivity contribution >= 4 is 38.3 Å². The largest absolute Gasteiger partial charge is 0.480 e. The van der Waals surface area contributed by atoms with Crippen LogP contribution in [0.2, 0.25) is 0 Å². The molecule has 174 valence electrons. The van der Waals surface area contributed by atoms with Gasteiger partial charge in [0.1, 0.15) is 6.04 Å². The molecule has 3 N–H and O–H groups in total. The van der Waals surface area contributed by atoms with E-state index in [9.17, 15) is 23.1 Å². The Bertz CT molecular complexity index is 1120. The van der Waals surface area contributed by atoms with Crippen LogP contribution in [-0.2, 0) is 19.4 Å². The zero-order valence-corrected chi connectivity index (χ0v) is 19.2. The molecule has 0 radical (unpaired) electrons. The molecule has 1 aromatic carbocycles. The Morgan fingerprint density at radius 1 is 1.19 bits per heavy atom. The minimum absolute atomic E-state index is 0.0330. The summed E-state index contributed by atoms with van der Waals surface area (Å²) in [6.45, 7) is 6.01. The quantitative estimate of drug-likeness (QED) is 0.597. The van der Waals surface area contributed by atoms with E-state index in [1.807, 2.05) is 30.9 Å². The van der Waals surface area contributed by atoms with E-state index in [4.69, 9.17) is 0 Å². The summed E-state index contributed by atoms with van der Waals surface area (Å²) >= 11 is 0. The van der Waals surface area contributed by atoms with Gasteiger partial charge in [0.15, 0.2) is 9.84 Å². The van der Waals surface area contributed by atoms with Gasteiger partial charge in [0.2, 0.25) is 5.91 Å². The zero-order valence-electron chi connectivity index (χ0n) is 18.4. The molecular weight excluding hydrogens is 432 g/mol. The summed E-state index contributed by atoms with van der Waals surface area (Å²) in [5, 5.41) is 13.7. The molecule has 1 aromatic heterocycles. The molecular formula is C22H30N4O5S. The van der Waals surface area contributed by atoms with E-state index < -0.39 is 21.8 Å². The number of anilines is 1. The molecule has 9 nitrogen and oxygen atoms in total. The molecule has 10 heteroatoms. The molecule has 2 saturated heterocycles. The number of hydrogen-bond donors (Lipinski definition) is 3. The molecule has 0 aliphatic carbocycles. The topological polar surface area (TPSA) is 123 Å². The third-order valence-electron chi connectivity index (χ3n) is 6.47. The molecule has 4 rings (SSSR count). The first-order valence-electron chi connectivity index (χ1n) is 11.0. The Kier molecular flexibility index (Phi) is 6.28. The number of H-pyrrole nitrogens is 1. The highest BCUT2D eigenvalue weighted by atomic mass is 32.2. The summed E-state index contributed by atoms with van der Waals surface area (Å²) < 4.78 is 23.6. The lowest BCUT2D eigenvalue weighted by Gasteiger charge is -2.40. The first-order chi connectivity index (χ1) is 15.1. The van der Waals surface area contributed by atoms with Gasteiger partial charge in [-0.05, 0) is 24.6 Å². The predicted molar refractivity (Wildman–Crippen MR) is 122 cm³/mol. The maximum atomic E-state index is 12.3. The van der Waals surface area contributed by atoms with Gasteiger partial charge in [0.05, 0.1) is 11.5 Å². The molecule has 3 heterocycles. The van der Waals surface area contributed by atoms with Crippen molar-refractivity contribution in [2.24, 2.45) is 5.92 Å². The average molecular weight is 463 g/mol. The lowest BCUT2D eigenvalue weighted by Crippen LogP contribution is -2.52. The van der Waals surface area contributed by atoms with Gasteiger partial charge in [-0.3, -0.25) is 19.4 Å².